The summed E-state index contributed by atoms with van der Waals surface area (Å²) in [5.74, 6) is 1.04. The molecule has 0 heterocycles. The van der Waals surface area contributed by atoms with Crippen LogP contribution in [0.4, 0.5) is 0 Å². The molecular weight excluding hydrogens is 132 g/mol. The summed E-state index contributed by atoms with van der Waals surface area (Å²) >= 11 is 0. The second-order valence-corrected chi connectivity index (χ2v) is 3.15. The Kier molecular flexibility index (Phi) is 6.97. The Morgan fingerprint density at radius 1 is 1.10 bits per heavy atom. The number of hydrogen-bond donors (Lipinski definition) is 0. The molecule has 1 rings (SSSR count). The molecule has 0 N–H and O–H groups in total. The molecule has 0 amide bonds. The van der Waals surface area contributed by atoms with Crippen LogP contribution < -0.4 is 0 Å². The number of hydrogen-bond acceptors (Lipinski definition) is 0. The minimum Gasteiger partial charge on any atom is -0.0533 e. The van der Waals surface area contributed by atoms with E-state index >= 15 is 0 Å². The topological polar surface area (TPSA) is 0 Å². The van der Waals surface area contributed by atoms with Gasteiger partial charge < -0.3 is 0 Å². The van der Waals surface area contributed by atoms with Gasteiger partial charge in [0.15, 0.2) is 0 Å². The zero-order chi connectivity index (χ0) is 6.53. The molecule has 0 atom stereocenters. The van der Waals surface area contributed by atoms with Gasteiger partial charge >= 0.3 is 23.1 Å². The summed E-state index contributed by atoms with van der Waals surface area (Å²) in [6.45, 7) is 3.88. The van der Waals surface area contributed by atoms with Gasteiger partial charge in [-0.15, -0.1) is 0 Å². The smallest absolute Gasteiger partial charge is 0.0533 e. The molecule has 1 aliphatic carbocycles. The van der Waals surface area contributed by atoms with Crippen LogP contribution >= 0.6 is 0 Å². The highest BCUT2D eigenvalue weighted by Crippen LogP contribution is 2.26. The lowest BCUT2D eigenvalue weighted by Crippen LogP contribution is -2.04. The summed E-state index contributed by atoms with van der Waals surface area (Å²) in [5.41, 5.74) is 0. The maximum Gasteiger partial charge on any atom is 0.316 e. The minimum atomic E-state index is 0. The van der Waals surface area contributed by atoms with Crippen molar-refractivity contribution in [1.82, 2.24) is 0 Å². The van der Waals surface area contributed by atoms with Crippen LogP contribution in [0.2, 0.25) is 0 Å². The predicted molar refractivity (Wildman–Crippen MR) is 49.7 cm³/mol. The van der Waals surface area contributed by atoms with Crippen LogP contribution in [0.3, 0.4) is 0 Å². The van der Waals surface area contributed by atoms with E-state index in [1.165, 1.54) is 38.5 Å². The summed E-state index contributed by atoms with van der Waals surface area (Å²) in [6, 6.07) is 0. The van der Waals surface area contributed by atoms with Gasteiger partial charge in [0.1, 0.15) is 0 Å². The fourth-order valence-electron chi connectivity index (χ4n) is 1.76. The van der Waals surface area contributed by atoms with Crippen LogP contribution in [-0.4, -0.2) is 23.1 Å². The van der Waals surface area contributed by atoms with Crippen LogP contribution in [0.1, 0.15) is 44.9 Å². The van der Waals surface area contributed by atoms with Crippen molar-refractivity contribution in [3.63, 3.8) is 0 Å². The third kappa shape index (κ3) is 3.82. The van der Waals surface area contributed by atoms with Crippen molar-refractivity contribution >= 4 is 23.1 Å². The summed E-state index contributed by atoms with van der Waals surface area (Å²) < 4.78 is 0. The van der Waals surface area contributed by atoms with Crippen molar-refractivity contribution in [1.29, 1.82) is 0 Å². The molecule has 1 radical (unpaired) electrons. The molecule has 0 aromatic heterocycles. The fourth-order valence-corrected chi connectivity index (χ4v) is 1.76. The molecule has 10 heavy (non-hydrogen) atoms. The van der Waals surface area contributed by atoms with E-state index in [1.807, 2.05) is 0 Å². The standard InChI is InChI=1S/C9H17.Mg.2H/c1-2-6-9-7-4-3-5-8-9;;;/h9H,1-8H2;;;. The van der Waals surface area contributed by atoms with Crippen LogP contribution in [0.5, 0.6) is 0 Å². The average Bonchev–Trinajstić information content (AvgIpc) is 1.91. The quantitative estimate of drug-likeness (QED) is 0.531. The van der Waals surface area contributed by atoms with Gasteiger partial charge in [0.2, 0.25) is 0 Å². The predicted octanol–water partition coefficient (Wildman–Crippen LogP) is 2.26. The van der Waals surface area contributed by atoms with Crippen LogP contribution in [0, 0.1) is 12.8 Å². The van der Waals surface area contributed by atoms with Gasteiger partial charge in [0.25, 0.3) is 0 Å². The van der Waals surface area contributed by atoms with Gasteiger partial charge in [0.05, 0.1) is 0 Å². The maximum atomic E-state index is 3.88. The Hall–Kier alpha value is 0.766. The Labute approximate surface area is 80.9 Å². The zero-order valence-electron chi connectivity index (χ0n) is 6.23. The molecule has 0 aliphatic heterocycles. The lowest BCUT2D eigenvalue weighted by Gasteiger charge is -2.20. The molecule has 57 valence electrons. The maximum absolute atomic E-state index is 3.88. The largest absolute Gasteiger partial charge is 0.316 e. The minimum absolute atomic E-state index is 0. The van der Waals surface area contributed by atoms with Crippen LogP contribution in [-0.2, 0) is 0 Å². The van der Waals surface area contributed by atoms with E-state index in [-0.39, 0.29) is 23.1 Å². The Morgan fingerprint density at radius 3 is 2.20 bits per heavy atom. The van der Waals surface area contributed by atoms with E-state index in [0.717, 1.165) is 12.3 Å². The van der Waals surface area contributed by atoms with Gasteiger partial charge in [0, 0.05) is 0 Å². The fraction of sp³-hybridized carbons (Fsp3) is 0.889. The average molecular weight is 152 g/mol. The van der Waals surface area contributed by atoms with E-state index in [9.17, 15) is 0 Å². The molecule has 0 aromatic carbocycles. The van der Waals surface area contributed by atoms with Crippen molar-refractivity contribution < 1.29 is 0 Å². The normalized spacial score (nSPS) is 20.1. The van der Waals surface area contributed by atoms with Gasteiger partial charge in [-0.3, -0.25) is 0 Å². The van der Waals surface area contributed by atoms with Crippen LogP contribution in [0.25, 0.3) is 0 Å². The Bertz CT molecular complexity index is 62.4. The van der Waals surface area contributed by atoms with Crippen LogP contribution in [0.15, 0.2) is 0 Å². The third-order valence-electron chi connectivity index (χ3n) is 2.34. The van der Waals surface area contributed by atoms with E-state index in [4.69, 9.17) is 0 Å². The highest BCUT2D eigenvalue weighted by atomic mass is 24.3. The summed E-state index contributed by atoms with van der Waals surface area (Å²) in [6.07, 6.45) is 9.92. The third-order valence-corrected chi connectivity index (χ3v) is 2.34. The second kappa shape index (κ2) is 6.47. The lowest BCUT2D eigenvalue weighted by molar-refractivity contribution is 0.340. The molecule has 0 saturated heterocycles. The zero-order valence-corrected chi connectivity index (χ0v) is 6.23. The number of rotatable bonds is 2. The molecule has 1 aliphatic rings. The van der Waals surface area contributed by atoms with Crippen molar-refractivity contribution in [2.24, 2.45) is 5.92 Å². The Morgan fingerprint density at radius 2 is 1.70 bits per heavy atom. The molecule has 1 heteroatoms. The van der Waals surface area contributed by atoms with E-state index in [2.05, 4.69) is 6.92 Å². The van der Waals surface area contributed by atoms with Gasteiger partial charge in [-0.1, -0.05) is 51.9 Å². The first kappa shape index (κ1) is 10.8. The molecule has 0 bridgehead atoms. The van der Waals surface area contributed by atoms with Crippen molar-refractivity contribution in [3.05, 3.63) is 6.92 Å². The lowest BCUT2D eigenvalue weighted by atomic mass is 9.86. The first-order chi connectivity index (χ1) is 4.43. The first-order valence-corrected chi connectivity index (χ1v) is 4.22. The molecule has 1 fully saturated rings. The van der Waals surface area contributed by atoms with Crippen molar-refractivity contribution in [3.8, 4) is 0 Å². The highest BCUT2D eigenvalue weighted by Gasteiger charge is 2.10. The second-order valence-electron chi connectivity index (χ2n) is 3.15. The van der Waals surface area contributed by atoms with E-state index < -0.39 is 0 Å². The van der Waals surface area contributed by atoms with Gasteiger partial charge in [-0.05, 0) is 5.92 Å². The summed E-state index contributed by atoms with van der Waals surface area (Å²) in [4.78, 5) is 0. The molecule has 0 unspecified atom stereocenters. The molecule has 1 saturated carbocycles. The van der Waals surface area contributed by atoms with E-state index in [0.29, 0.717) is 0 Å². The van der Waals surface area contributed by atoms with Crippen molar-refractivity contribution in [2.45, 2.75) is 44.9 Å². The van der Waals surface area contributed by atoms with Gasteiger partial charge in [-0.25, -0.2) is 0 Å². The van der Waals surface area contributed by atoms with E-state index in [1.54, 1.807) is 0 Å². The molecule has 0 spiro atoms. The molecular formula is C9H19Mg. The van der Waals surface area contributed by atoms with Gasteiger partial charge in [-0.2, -0.15) is 0 Å². The summed E-state index contributed by atoms with van der Waals surface area (Å²) in [7, 11) is 0. The SMILES string of the molecule is [CH2]CCC1CCCCC1.[MgH2]. The Balaban J connectivity index is 0.000000810. The molecule has 0 aromatic rings. The summed E-state index contributed by atoms with van der Waals surface area (Å²) in [5, 5.41) is 0. The first-order valence-electron chi connectivity index (χ1n) is 4.22. The molecule has 0 nitrogen and oxygen atoms in total. The highest BCUT2D eigenvalue weighted by molar-refractivity contribution is 5.75. The van der Waals surface area contributed by atoms with Crippen molar-refractivity contribution in [2.75, 3.05) is 0 Å². The monoisotopic (exact) mass is 151 g/mol.